The first-order chi connectivity index (χ1) is 12.1. The van der Waals surface area contributed by atoms with Crippen LogP contribution in [0.5, 0.6) is 0 Å². The molecule has 0 radical (unpaired) electrons. The van der Waals surface area contributed by atoms with Crippen molar-refractivity contribution in [2.75, 3.05) is 18.0 Å². The van der Waals surface area contributed by atoms with Crippen molar-refractivity contribution >= 4 is 29.1 Å². The van der Waals surface area contributed by atoms with Gasteiger partial charge in [-0.3, -0.25) is 14.7 Å². The number of carbonyl (C=O) groups is 2. The predicted octanol–water partition coefficient (Wildman–Crippen LogP) is 1.24. The molecule has 1 aromatic carbocycles. The van der Waals surface area contributed by atoms with Crippen molar-refractivity contribution in [2.24, 2.45) is 0 Å². The molecule has 1 unspecified atom stereocenters. The second-order valence-electron chi connectivity index (χ2n) is 6.24. The Morgan fingerprint density at radius 2 is 2.12 bits per heavy atom. The van der Waals surface area contributed by atoms with E-state index in [-0.39, 0.29) is 11.8 Å². The molecule has 0 saturated carbocycles. The molecular formula is C17H18ClN5O2. The van der Waals surface area contributed by atoms with Crippen LogP contribution in [0.3, 0.4) is 0 Å². The van der Waals surface area contributed by atoms with E-state index in [1.807, 2.05) is 0 Å². The van der Waals surface area contributed by atoms with Crippen molar-refractivity contribution < 1.29 is 9.59 Å². The number of halogens is 1. The van der Waals surface area contributed by atoms with Gasteiger partial charge in [0.15, 0.2) is 5.69 Å². The largest absolute Gasteiger partial charge is 0.339 e. The molecule has 1 saturated heterocycles. The maximum atomic E-state index is 12.6. The topological polar surface area (TPSA) is 90.1 Å². The van der Waals surface area contributed by atoms with E-state index in [4.69, 9.17) is 11.6 Å². The lowest BCUT2D eigenvalue weighted by atomic mass is 10.1. The molecule has 2 aliphatic heterocycles. The molecule has 7 nitrogen and oxygen atoms in total. The third-order valence-electron chi connectivity index (χ3n) is 4.67. The molecule has 25 heavy (non-hydrogen) atoms. The van der Waals surface area contributed by atoms with Gasteiger partial charge in [-0.25, -0.2) is 0 Å². The van der Waals surface area contributed by atoms with Crippen LogP contribution >= 0.6 is 11.6 Å². The maximum absolute atomic E-state index is 12.6. The zero-order chi connectivity index (χ0) is 17.4. The van der Waals surface area contributed by atoms with Crippen molar-refractivity contribution in [3.63, 3.8) is 0 Å². The zero-order valence-corrected chi connectivity index (χ0v) is 14.3. The Morgan fingerprint density at radius 1 is 1.32 bits per heavy atom. The molecule has 2 aliphatic rings. The number of aromatic nitrogens is 2. The Bertz CT molecular complexity index is 817. The lowest BCUT2D eigenvalue weighted by Gasteiger charge is -2.17. The highest BCUT2D eigenvalue weighted by molar-refractivity contribution is 6.30. The number of aromatic amines is 1. The standard InChI is InChI=1S/C17H18ClN5O2/c18-10-1-3-11(4-2-10)23-8-6-14(17(23)25)20-16(24)15-12-9-19-7-5-13(12)21-22-15/h1-4,14,19H,5-9H2,(H,20,24)(H,21,22). The highest BCUT2D eigenvalue weighted by atomic mass is 35.5. The van der Waals surface area contributed by atoms with Gasteiger partial charge in [-0.1, -0.05) is 11.6 Å². The third kappa shape index (κ3) is 3.01. The average Bonchev–Trinajstić information content (AvgIpc) is 3.20. The Kier molecular flexibility index (Phi) is 4.19. The monoisotopic (exact) mass is 359 g/mol. The molecule has 1 fully saturated rings. The van der Waals surface area contributed by atoms with Gasteiger partial charge in [0.1, 0.15) is 6.04 Å². The zero-order valence-electron chi connectivity index (χ0n) is 13.5. The van der Waals surface area contributed by atoms with E-state index in [0.29, 0.717) is 30.2 Å². The van der Waals surface area contributed by atoms with Gasteiger partial charge in [-0.2, -0.15) is 5.10 Å². The maximum Gasteiger partial charge on any atom is 0.272 e. The van der Waals surface area contributed by atoms with Crippen LogP contribution in [0.4, 0.5) is 5.69 Å². The highest BCUT2D eigenvalue weighted by Gasteiger charge is 2.34. The minimum Gasteiger partial charge on any atom is -0.339 e. The number of hydrogen-bond donors (Lipinski definition) is 3. The van der Waals surface area contributed by atoms with Gasteiger partial charge in [0.25, 0.3) is 5.91 Å². The van der Waals surface area contributed by atoms with E-state index in [9.17, 15) is 9.59 Å². The van der Waals surface area contributed by atoms with E-state index in [1.54, 1.807) is 29.2 Å². The number of benzene rings is 1. The number of nitrogens with zero attached hydrogens (tertiary/aromatic N) is 2. The molecule has 0 aliphatic carbocycles. The molecule has 8 heteroatoms. The summed E-state index contributed by atoms with van der Waals surface area (Å²) in [6.45, 7) is 2.04. The molecule has 3 N–H and O–H groups in total. The molecule has 4 rings (SSSR count). The number of rotatable bonds is 3. The second kappa shape index (κ2) is 6.50. The van der Waals surface area contributed by atoms with Crippen LogP contribution in [-0.4, -0.2) is 41.1 Å². The molecular weight excluding hydrogens is 342 g/mol. The van der Waals surface area contributed by atoms with Gasteiger partial charge < -0.3 is 15.5 Å². The normalized spacial score (nSPS) is 19.8. The number of nitrogens with one attached hydrogen (secondary N) is 3. The van der Waals surface area contributed by atoms with Crippen molar-refractivity contribution in [2.45, 2.75) is 25.4 Å². The molecule has 0 bridgehead atoms. The van der Waals surface area contributed by atoms with Crippen LogP contribution in [0.25, 0.3) is 0 Å². The SMILES string of the molecule is O=C(NC1CCN(c2ccc(Cl)cc2)C1=O)c1n[nH]c2c1CNCC2. The summed E-state index contributed by atoms with van der Waals surface area (Å²) in [7, 11) is 0. The van der Waals surface area contributed by atoms with Crippen LogP contribution in [0.15, 0.2) is 24.3 Å². The number of H-pyrrole nitrogens is 1. The summed E-state index contributed by atoms with van der Waals surface area (Å²) in [6, 6.07) is 6.57. The molecule has 3 heterocycles. The van der Waals surface area contributed by atoms with Gasteiger partial charge in [-0.05, 0) is 30.7 Å². The Hall–Kier alpha value is -2.38. The lowest BCUT2D eigenvalue weighted by Crippen LogP contribution is -2.42. The number of amides is 2. The van der Waals surface area contributed by atoms with Gasteiger partial charge >= 0.3 is 0 Å². The summed E-state index contributed by atoms with van der Waals surface area (Å²) in [6.07, 6.45) is 1.39. The molecule has 1 aromatic heterocycles. The average molecular weight is 360 g/mol. The predicted molar refractivity (Wildman–Crippen MR) is 93.7 cm³/mol. The van der Waals surface area contributed by atoms with E-state index in [0.717, 1.165) is 29.9 Å². The number of hydrogen-bond acceptors (Lipinski definition) is 4. The van der Waals surface area contributed by atoms with Crippen molar-refractivity contribution in [3.8, 4) is 0 Å². The van der Waals surface area contributed by atoms with Crippen LogP contribution in [-0.2, 0) is 17.8 Å². The van der Waals surface area contributed by atoms with Crippen LogP contribution in [0, 0.1) is 0 Å². The van der Waals surface area contributed by atoms with Gasteiger partial charge in [0.2, 0.25) is 5.91 Å². The fraction of sp³-hybridized carbons (Fsp3) is 0.353. The summed E-state index contributed by atoms with van der Waals surface area (Å²) in [4.78, 5) is 26.8. The fourth-order valence-electron chi connectivity index (χ4n) is 3.33. The number of anilines is 1. The van der Waals surface area contributed by atoms with Gasteiger partial charge in [0, 0.05) is 48.0 Å². The summed E-state index contributed by atoms with van der Waals surface area (Å²) in [5.74, 6) is -0.421. The van der Waals surface area contributed by atoms with Crippen molar-refractivity contribution in [1.29, 1.82) is 0 Å². The lowest BCUT2D eigenvalue weighted by molar-refractivity contribution is -0.118. The minimum atomic E-state index is -0.535. The van der Waals surface area contributed by atoms with Gasteiger partial charge in [0.05, 0.1) is 0 Å². The molecule has 0 spiro atoms. The van der Waals surface area contributed by atoms with Crippen LogP contribution in [0.1, 0.15) is 28.2 Å². The second-order valence-corrected chi connectivity index (χ2v) is 6.67. The Labute approximate surface area is 149 Å². The molecule has 2 amide bonds. The summed E-state index contributed by atoms with van der Waals surface area (Å²) in [5, 5.41) is 13.7. The van der Waals surface area contributed by atoms with E-state index in [1.165, 1.54) is 0 Å². The summed E-state index contributed by atoms with van der Waals surface area (Å²) < 4.78 is 0. The van der Waals surface area contributed by atoms with Crippen LogP contribution < -0.4 is 15.5 Å². The Balaban J connectivity index is 1.46. The first-order valence-electron chi connectivity index (χ1n) is 8.28. The van der Waals surface area contributed by atoms with E-state index in [2.05, 4.69) is 20.8 Å². The van der Waals surface area contributed by atoms with Crippen molar-refractivity contribution in [3.05, 3.63) is 46.2 Å². The molecule has 1 atom stereocenters. The third-order valence-corrected chi connectivity index (χ3v) is 4.92. The number of fused-ring (bicyclic) bond motifs is 1. The van der Waals surface area contributed by atoms with E-state index < -0.39 is 6.04 Å². The first-order valence-corrected chi connectivity index (χ1v) is 8.66. The first kappa shape index (κ1) is 16.1. The van der Waals surface area contributed by atoms with Gasteiger partial charge in [-0.15, -0.1) is 0 Å². The highest BCUT2D eigenvalue weighted by Crippen LogP contribution is 2.24. The van der Waals surface area contributed by atoms with Crippen LogP contribution in [0.2, 0.25) is 5.02 Å². The molecule has 130 valence electrons. The number of carbonyl (C=O) groups excluding carboxylic acids is 2. The Morgan fingerprint density at radius 3 is 2.92 bits per heavy atom. The fourth-order valence-corrected chi connectivity index (χ4v) is 3.46. The summed E-state index contributed by atoms with van der Waals surface area (Å²) in [5.41, 5.74) is 3.04. The van der Waals surface area contributed by atoms with E-state index >= 15 is 0 Å². The molecule has 2 aromatic rings. The van der Waals surface area contributed by atoms with Crippen molar-refractivity contribution in [1.82, 2.24) is 20.8 Å². The smallest absolute Gasteiger partial charge is 0.272 e. The minimum absolute atomic E-state index is 0.113. The summed E-state index contributed by atoms with van der Waals surface area (Å²) >= 11 is 5.89. The quantitative estimate of drug-likeness (QED) is 0.769.